The number of amides is 3. The van der Waals surface area contributed by atoms with E-state index in [1.54, 1.807) is 0 Å². The highest BCUT2D eigenvalue weighted by atomic mass is 31.3. The summed E-state index contributed by atoms with van der Waals surface area (Å²) < 4.78 is 50.4. The van der Waals surface area contributed by atoms with Crippen LogP contribution in [0.15, 0.2) is 0 Å². The standard InChI is InChI=1S/C11H18N3O15P3/c1-10(18)8(16)6(4-26-31(22,23)29-32(24,25)28-30(19,20)21)27-11(10,5-12)14-3-2-7(15)13-9(14)17/h6,8,16,18H,2-4H2,1H3,(H,22,23)(H,24,25)(H,13,15,17)(H2,19,20,21). The van der Waals surface area contributed by atoms with Gasteiger partial charge in [0.05, 0.1) is 6.61 Å². The SMILES string of the molecule is CC1(O)C(O)C(COP(=O)(O)OP(=O)(O)OP(=O)(O)O)OC1(C#N)N1CCC(=O)NC1=O. The van der Waals surface area contributed by atoms with Gasteiger partial charge in [0.1, 0.15) is 18.3 Å². The average molecular weight is 525 g/mol. The maximum absolute atomic E-state index is 12.1. The van der Waals surface area contributed by atoms with Crippen molar-refractivity contribution < 1.29 is 71.0 Å². The van der Waals surface area contributed by atoms with Gasteiger partial charge in [-0.1, -0.05) is 0 Å². The van der Waals surface area contributed by atoms with Crippen molar-refractivity contribution in [1.29, 1.82) is 5.26 Å². The van der Waals surface area contributed by atoms with E-state index in [0.717, 1.165) is 6.92 Å². The molecular weight excluding hydrogens is 507 g/mol. The molecule has 2 aliphatic rings. The molecule has 0 aromatic heterocycles. The summed E-state index contributed by atoms with van der Waals surface area (Å²) in [6, 6.07) is 0.381. The number of hydrogen-bond acceptors (Lipinski definition) is 12. The van der Waals surface area contributed by atoms with Crippen molar-refractivity contribution in [3.8, 4) is 6.07 Å². The number of hydrogen-bond donors (Lipinski definition) is 7. The Hall–Kier alpha value is -1.28. The predicted molar refractivity (Wildman–Crippen MR) is 94.5 cm³/mol. The quantitative estimate of drug-likeness (QED) is 0.169. The molecule has 18 nitrogen and oxygen atoms in total. The van der Waals surface area contributed by atoms with Crippen molar-refractivity contribution in [3.05, 3.63) is 0 Å². The van der Waals surface area contributed by atoms with Crippen molar-refractivity contribution >= 4 is 35.4 Å². The van der Waals surface area contributed by atoms with E-state index < -0.39 is 72.1 Å². The maximum atomic E-state index is 12.1. The number of imide groups is 1. The lowest BCUT2D eigenvalue weighted by Crippen LogP contribution is -2.68. The fourth-order valence-corrected chi connectivity index (χ4v) is 5.99. The third kappa shape index (κ3) is 5.61. The van der Waals surface area contributed by atoms with Gasteiger partial charge in [-0.2, -0.15) is 13.9 Å². The summed E-state index contributed by atoms with van der Waals surface area (Å²) in [5.74, 6) is -0.679. The first-order valence-electron chi connectivity index (χ1n) is 8.25. The number of aliphatic hydroxyl groups excluding tert-OH is 1. The van der Waals surface area contributed by atoms with Crippen LogP contribution in [-0.2, 0) is 36.4 Å². The smallest absolute Gasteiger partial charge is 0.387 e. The Morgan fingerprint density at radius 2 is 1.81 bits per heavy atom. The molecule has 0 aliphatic carbocycles. The van der Waals surface area contributed by atoms with E-state index in [4.69, 9.17) is 19.4 Å². The number of nitrogens with one attached hydrogen (secondary N) is 1. The Balaban J connectivity index is 2.18. The van der Waals surface area contributed by atoms with E-state index in [1.807, 2.05) is 5.32 Å². The van der Waals surface area contributed by atoms with Gasteiger partial charge in [-0.05, 0) is 6.92 Å². The molecule has 32 heavy (non-hydrogen) atoms. The van der Waals surface area contributed by atoms with Gasteiger partial charge in [0.25, 0.3) is 5.72 Å². The van der Waals surface area contributed by atoms with Crippen LogP contribution in [0.2, 0.25) is 0 Å². The summed E-state index contributed by atoms with van der Waals surface area (Å²) in [5, 5.41) is 32.6. The van der Waals surface area contributed by atoms with Crippen LogP contribution in [0.25, 0.3) is 0 Å². The first-order valence-corrected chi connectivity index (χ1v) is 12.8. The summed E-state index contributed by atoms with van der Waals surface area (Å²) in [5.41, 5.74) is -5.13. The topological polar surface area (TPSA) is 283 Å². The molecule has 0 radical (unpaired) electrons. The molecule has 2 saturated heterocycles. The number of carbonyl (C=O) groups excluding carboxylic acids is 2. The number of nitrogens with zero attached hydrogens (tertiary/aromatic N) is 2. The molecule has 2 fully saturated rings. The molecule has 0 bridgehead atoms. The van der Waals surface area contributed by atoms with E-state index in [1.165, 1.54) is 6.07 Å². The van der Waals surface area contributed by atoms with Gasteiger partial charge in [0.15, 0.2) is 5.60 Å². The lowest BCUT2D eigenvalue weighted by molar-refractivity contribution is -0.172. The van der Waals surface area contributed by atoms with Crippen LogP contribution in [0.4, 0.5) is 4.79 Å². The molecule has 2 heterocycles. The predicted octanol–water partition coefficient (Wildman–Crippen LogP) is -2.00. The van der Waals surface area contributed by atoms with E-state index in [-0.39, 0.29) is 6.42 Å². The molecule has 0 spiro atoms. The van der Waals surface area contributed by atoms with Gasteiger partial charge in [-0.15, -0.1) is 0 Å². The summed E-state index contributed by atoms with van der Waals surface area (Å²) >= 11 is 0. The van der Waals surface area contributed by atoms with Crippen molar-refractivity contribution in [3.63, 3.8) is 0 Å². The fourth-order valence-electron chi connectivity index (χ4n) is 2.96. The molecule has 21 heteroatoms. The van der Waals surface area contributed by atoms with Crippen molar-refractivity contribution in [2.75, 3.05) is 13.2 Å². The number of rotatable bonds is 8. The third-order valence-corrected chi connectivity index (χ3v) is 8.14. The minimum atomic E-state index is -5.80. The van der Waals surface area contributed by atoms with E-state index in [9.17, 15) is 43.7 Å². The van der Waals surface area contributed by atoms with Crippen LogP contribution in [0.3, 0.4) is 0 Å². The zero-order valence-corrected chi connectivity index (χ0v) is 18.6. The van der Waals surface area contributed by atoms with E-state index in [0.29, 0.717) is 4.90 Å². The number of ether oxygens (including phenoxy) is 1. The first-order chi connectivity index (χ1) is 14.4. The Morgan fingerprint density at radius 3 is 2.31 bits per heavy atom. The van der Waals surface area contributed by atoms with Crippen LogP contribution >= 0.6 is 23.5 Å². The van der Waals surface area contributed by atoms with Crippen LogP contribution in [0, 0.1) is 11.3 Å². The number of urea groups is 1. The average Bonchev–Trinajstić information content (AvgIpc) is 2.77. The third-order valence-electron chi connectivity index (χ3n) is 4.34. The summed E-state index contributed by atoms with van der Waals surface area (Å²) in [7, 11) is -17.0. The number of nitriles is 1. The van der Waals surface area contributed by atoms with Gasteiger partial charge in [-0.3, -0.25) is 19.5 Å². The number of aliphatic hydroxyl groups is 2. The zero-order valence-electron chi connectivity index (χ0n) is 15.9. The molecular formula is C11H18N3O15P3. The minimum Gasteiger partial charge on any atom is -0.387 e. The Bertz CT molecular complexity index is 973. The molecule has 3 amide bonds. The second kappa shape index (κ2) is 8.82. The summed E-state index contributed by atoms with van der Waals surface area (Å²) in [4.78, 5) is 59.7. The molecule has 6 atom stereocenters. The normalized spacial score (nSPS) is 35.0. The van der Waals surface area contributed by atoms with Gasteiger partial charge < -0.3 is 34.5 Å². The van der Waals surface area contributed by atoms with Gasteiger partial charge >= 0.3 is 29.5 Å². The first kappa shape index (κ1) is 27.0. The number of carbonyl (C=O) groups is 2. The Morgan fingerprint density at radius 1 is 1.22 bits per heavy atom. The van der Waals surface area contributed by atoms with Gasteiger partial charge in [0.2, 0.25) is 5.91 Å². The zero-order chi connectivity index (χ0) is 24.8. The van der Waals surface area contributed by atoms with E-state index in [2.05, 4.69) is 13.1 Å². The fraction of sp³-hybridized carbons (Fsp3) is 0.727. The molecule has 182 valence electrons. The highest BCUT2D eigenvalue weighted by Crippen LogP contribution is 2.66. The van der Waals surface area contributed by atoms with Gasteiger partial charge in [-0.25, -0.2) is 18.5 Å². The van der Waals surface area contributed by atoms with Crippen molar-refractivity contribution in [1.82, 2.24) is 10.2 Å². The minimum absolute atomic E-state index is 0.281. The largest absolute Gasteiger partial charge is 0.490 e. The van der Waals surface area contributed by atoms with Crippen LogP contribution in [0.1, 0.15) is 13.3 Å². The summed E-state index contributed by atoms with van der Waals surface area (Å²) in [6.45, 7) is -0.696. The Labute approximate surface area is 178 Å². The second-order valence-corrected chi connectivity index (χ2v) is 11.1. The van der Waals surface area contributed by atoms with Crippen molar-refractivity contribution in [2.45, 2.75) is 36.9 Å². The number of phosphoric acid groups is 3. The highest BCUT2D eigenvalue weighted by Gasteiger charge is 2.68. The molecule has 0 aromatic carbocycles. The molecule has 7 N–H and O–H groups in total. The Kier molecular flexibility index (Phi) is 7.43. The maximum Gasteiger partial charge on any atom is 0.490 e. The van der Waals surface area contributed by atoms with Crippen LogP contribution in [0.5, 0.6) is 0 Å². The van der Waals surface area contributed by atoms with Crippen LogP contribution < -0.4 is 5.32 Å². The molecule has 2 rings (SSSR count). The second-order valence-electron chi connectivity index (χ2n) is 6.65. The lowest BCUT2D eigenvalue weighted by atomic mass is 9.87. The lowest BCUT2D eigenvalue weighted by Gasteiger charge is -2.43. The van der Waals surface area contributed by atoms with Gasteiger partial charge in [0, 0.05) is 13.0 Å². The molecule has 0 saturated carbocycles. The van der Waals surface area contributed by atoms with E-state index >= 15 is 0 Å². The molecule has 6 unspecified atom stereocenters. The van der Waals surface area contributed by atoms with Crippen molar-refractivity contribution in [2.24, 2.45) is 0 Å². The molecule has 0 aromatic rings. The monoisotopic (exact) mass is 525 g/mol. The number of phosphoric ester groups is 1. The van der Waals surface area contributed by atoms with Crippen LogP contribution in [-0.4, -0.2) is 83.3 Å². The molecule has 2 aliphatic heterocycles. The highest BCUT2D eigenvalue weighted by molar-refractivity contribution is 7.66. The summed E-state index contributed by atoms with van der Waals surface area (Å²) in [6.07, 6.45) is -4.16.